The van der Waals surface area contributed by atoms with Gasteiger partial charge in [0.05, 0.1) is 13.7 Å². The summed E-state index contributed by atoms with van der Waals surface area (Å²) in [6.45, 7) is 3.59. The van der Waals surface area contributed by atoms with Gasteiger partial charge < -0.3 is 14.9 Å². The summed E-state index contributed by atoms with van der Waals surface area (Å²) in [4.78, 5) is 24.4. The molecular formula is C17H20N4O3. The third-order valence-electron chi connectivity index (χ3n) is 3.05. The number of aliphatic imine (C=N–C) groups is 1. The normalized spacial score (nSPS) is 10.9. The van der Waals surface area contributed by atoms with E-state index in [4.69, 9.17) is 9.57 Å². The number of guanidine groups is 1. The van der Waals surface area contributed by atoms with Gasteiger partial charge in [-0.2, -0.15) is 5.48 Å². The Labute approximate surface area is 140 Å². The van der Waals surface area contributed by atoms with Gasteiger partial charge in [0, 0.05) is 18.7 Å². The van der Waals surface area contributed by atoms with Gasteiger partial charge in [-0.1, -0.05) is 24.3 Å². The number of ether oxygens (including phenoxy) is 1. The molecule has 0 aliphatic carbocycles. The molecule has 0 atom stereocenters. The second kappa shape index (κ2) is 8.52. The number of pyridine rings is 1. The molecule has 126 valence electrons. The standard InChI is InChI=1S/C17H20N4O3/c1-12-8-9-16(18-10-12)20-17(21-24-13(2)22)19-11-14-6-4-5-7-15(14)23-3/h4-10H,11H2,1-3H3,(H2,18,19,20,21). The van der Waals surface area contributed by atoms with Crippen molar-refractivity contribution in [3.05, 3.63) is 53.7 Å². The van der Waals surface area contributed by atoms with Crippen molar-refractivity contribution in [3.8, 4) is 5.75 Å². The number of aryl methyl sites for hydroxylation is 1. The van der Waals surface area contributed by atoms with Crippen molar-refractivity contribution in [3.63, 3.8) is 0 Å². The van der Waals surface area contributed by atoms with E-state index in [2.05, 4.69) is 20.8 Å². The zero-order valence-electron chi connectivity index (χ0n) is 13.9. The first-order valence-electron chi connectivity index (χ1n) is 7.38. The summed E-state index contributed by atoms with van der Waals surface area (Å²) in [6, 6.07) is 11.3. The lowest BCUT2D eigenvalue weighted by Crippen LogP contribution is -2.32. The highest BCUT2D eigenvalue weighted by molar-refractivity contribution is 5.92. The van der Waals surface area contributed by atoms with Crippen molar-refractivity contribution in [2.45, 2.75) is 20.4 Å². The molecule has 2 aromatic rings. The predicted molar refractivity (Wildman–Crippen MR) is 91.6 cm³/mol. The van der Waals surface area contributed by atoms with Crippen LogP contribution in [-0.2, 0) is 16.2 Å². The highest BCUT2D eigenvalue weighted by atomic mass is 16.7. The van der Waals surface area contributed by atoms with Gasteiger partial charge in [-0.15, -0.1) is 0 Å². The second-order valence-corrected chi connectivity index (χ2v) is 5.02. The molecule has 0 radical (unpaired) electrons. The Morgan fingerprint density at radius 1 is 1.25 bits per heavy atom. The van der Waals surface area contributed by atoms with Crippen molar-refractivity contribution in [2.75, 3.05) is 12.4 Å². The first-order chi connectivity index (χ1) is 11.6. The van der Waals surface area contributed by atoms with E-state index in [9.17, 15) is 4.79 Å². The number of carbonyl (C=O) groups excluding carboxylic acids is 1. The van der Waals surface area contributed by atoms with Gasteiger partial charge in [0.2, 0.25) is 5.96 Å². The smallest absolute Gasteiger partial charge is 0.329 e. The van der Waals surface area contributed by atoms with Gasteiger partial charge in [-0.05, 0) is 24.6 Å². The Bertz CT molecular complexity index is 714. The van der Waals surface area contributed by atoms with Crippen LogP contribution in [0.2, 0.25) is 0 Å². The van der Waals surface area contributed by atoms with Gasteiger partial charge >= 0.3 is 5.97 Å². The summed E-state index contributed by atoms with van der Waals surface area (Å²) < 4.78 is 5.30. The lowest BCUT2D eigenvalue weighted by Gasteiger charge is -2.12. The van der Waals surface area contributed by atoms with Crippen LogP contribution >= 0.6 is 0 Å². The number of benzene rings is 1. The summed E-state index contributed by atoms with van der Waals surface area (Å²) in [7, 11) is 1.61. The molecule has 0 aliphatic heterocycles. The van der Waals surface area contributed by atoms with E-state index >= 15 is 0 Å². The third kappa shape index (κ3) is 5.28. The van der Waals surface area contributed by atoms with Crippen LogP contribution in [0.25, 0.3) is 0 Å². The quantitative estimate of drug-likeness (QED) is 0.509. The molecular weight excluding hydrogens is 308 g/mol. The van der Waals surface area contributed by atoms with Crippen molar-refractivity contribution >= 4 is 17.7 Å². The highest BCUT2D eigenvalue weighted by Crippen LogP contribution is 2.18. The van der Waals surface area contributed by atoms with Crippen LogP contribution in [0.3, 0.4) is 0 Å². The molecule has 2 rings (SSSR count). The summed E-state index contributed by atoms with van der Waals surface area (Å²) in [5.41, 5.74) is 4.44. The Morgan fingerprint density at radius 3 is 2.71 bits per heavy atom. The summed E-state index contributed by atoms with van der Waals surface area (Å²) >= 11 is 0. The molecule has 0 unspecified atom stereocenters. The second-order valence-electron chi connectivity index (χ2n) is 5.02. The molecule has 0 fully saturated rings. The first-order valence-corrected chi connectivity index (χ1v) is 7.38. The Balaban J connectivity index is 2.14. The molecule has 0 bridgehead atoms. The van der Waals surface area contributed by atoms with Crippen molar-refractivity contribution < 1.29 is 14.4 Å². The van der Waals surface area contributed by atoms with Gasteiger partial charge in [0.1, 0.15) is 11.6 Å². The van der Waals surface area contributed by atoms with Gasteiger partial charge in [-0.3, -0.25) is 4.79 Å². The van der Waals surface area contributed by atoms with E-state index < -0.39 is 5.97 Å². The maximum atomic E-state index is 11.0. The molecule has 0 saturated heterocycles. The molecule has 0 spiro atoms. The summed E-state index contributed by atoms with van der Waals surface area (Å²) in [5, 5.41) is 2.98. The molecule has 24 heavy (non-hydrogen) atoms. The minimum atomic E-state index is -0.473. The largest absolute Gasteiger partial charge is 0.496 e. The first kappa shape index (κ1) is 17.3. The van der Waals surface area contributed by atoms with E-state index in [0.29, 0.717) is 12.4 Å². The lowest BCUT2D eigenvalue weighted by atomic mass is 10.2. The van der Waals surface area contributed by atoms with E-state index in [0.717, 1.165) is 16.9 Å². The van der Waals surface area contributed by atoms with Crippen molar-refractivity contribution in [1.29, 1.82) is 0 Å². The predicted octanol–water partition coefficient (Wildman–Crippen LogP) is 2.43. The number of rotatable bonds is 4. The number of methoxy groups -OCH3 is 1. The van der Waals surface area contributed by atoms with Crippen molar-refractivity contribution in [1.82, 2.24) is 10.5 Å². The molecule has 0 aliphatic rings. The van der Waals surface area contributed by atoms with Crippen LogP contribution in [0, 0.1) is 6.92 Å². The molecule has 7 nitrogen and oxygen atoms in total. The van der Waals surface area contributed by atoms with Gasteiger partial charge in [-0.25, -0.2) is 9.98 Å². The topological polar surface area (TPSA) is 84.8 Å². The van der Waals surface area contributed by atoms with Gasteiger partial charge in [0.15, 0.2) is 0 Å². The molecule has 7 heteroatoms. The fourth-order valence-electron chi connectivity index (χ4n) is 1.88. The van der Waals surface area contributed by atoms with E-state index in [-0.39, 0.29) is 5.96 Å². The lowest BCUT2D eigenvalue weighted by molar-refractivity contribution is -0.145. The average Bonchev–Trinajstić information content (AvgIpc) is 2.59. The average molecular weight is 328 g/mol. The number of nitrogens with one attached hydrogen (secondary N) is 2. The third-order valence-corrected chi connectivity index (χ3v) is 3.05. The number of aromatic nitrogens is 1. The van der Waals surface area contributed by atoms with Crippen LogP contribution in [0.1, 0.15) is 18.1 Å². The highest BCUT2D eigenvalue weighted by Gasteiger charge is 2.05. The molecule has 1 heterocycles. The Hall–Kier alpha value is -3.09. The summed E-state index contributed by atoms with van der Waals surface area (Å²) in [6.07, 6.45) is 1.73. The summed E-state index contributed by atoms with van der Waals surface area (Å²) in [5.74, 6) is 1.12. The maximum Gasteiger partial charge on any atom is 0.329 e. The van der Waals surface area contributed by atoms with Crippen LogP contribution < -0.4 is 15.5 Å². The molecule has 2 N–H and O–H groups in total. The fraction of sp³-hybridized carbons (Fsp3) is 0.235. The zero-order chi connectivity index (χ0) is 17.4. The number of hydrogen-bond donors (Lipinski definition) is 2. The minimum Gasteiger partial charge on any atom is -0.496 e. The van der Waals surface area contributed by atoms with Crippen LogP contribution in [0.4, 0.5) is 5.82 Å². The SMILES string of the molecule is COc1ccccc1CN=C(NOC(C)=O)Nc1ccc(C)cn1. The zero-order valence-corrected chi connectivity index (χ0v) is 13.9. The van der Waals surface area contributed by atoms with Crippen LogP contribution in [0.15, 0.2) is 47.6 Å². The molecule has 1 aromatic heterocycles. The van der Waals surface area contributed by atoms with Gasteiger partial charge in [0.25, 0.3) is 0 Å². The van der Waals surface area contributed by atoms with E-state index in [1.54, 1.807) is 13.3 Å². The van der Waals surface area contributed by atoms with Crippen LogP contribution in [-0.4, -0.2) is 24.0 Å². The number of hydrogen-bond acceptors (Lipinski definition) is 5. The Morgan fingerprint density at radius 2 is 2.04 bits per heavy atom. The monoisotopic (exact) mass is 328 g/mol. The van der Waals surface area contributed by atoms with Crippen molar-refractivity contribution in [2.24, 2.45) is 4.99 Å². The number of nitrogens with zero attached hydrogens (tertiary/aromatic N) is 2. The maximum absolute atomic E-state index is 11.0. The Kier molecular flexibility index (Phi) is 6.13. The van der Waals surface area contributed by atoms with E-state index in [1.807, 2.05) is 43.3 Å². The number of hydroxylamine groups is 1. The number of para-hydroxylation sites is 1. The number of carbonyl (C=O) groups is 1. The van der Waals surface area contributed by atoms with E-state index in [1.165, 1.54) is 6.92 Å². The molecule has 1 aromatic carbocycles. The fourth-order valence-corrected chi connectivity index (χ4v) is 1.88. The molecule has 0 saturated carbocycles. The molecule has 0 amide bonds. The minimum absolute atomic E-state index is 0.271. The van der Waals surface area contributed by atoms with Crippen LogP contribution in [0.5, 0.6) is 5.75 Å². The number of anilines is 1.